The first-order valence-electron chi connectivity index (χ1n) is 4.97. The van der Waals surface area contributed by atoms with Gasteiger partial charge in [-0.2, -0.15) is 0 Å². The highest BCUT2D eigenvalue weighted by Gasteiger charge is 2.54. The molecule has 0 unspecified atom stereocenters. The molecule has 80 valence electrons. The number of fused-ring (bicyclic) bond motifs is 2. The van der Waals surface area contributed by atoms with Gasteiger partial charge >= 0.3 is 6.09 Å². The predicted molar refractivity (Wildman–Crippen MR) is 47.9 cm³/mol. The minimum Gasteiger partial charge on any atom is -0.465 e. The van der Waals surface area contributed by atoms with Crippen molar-refractivity contribution in [3.63, 3.8) is 0 Å². The second kappa shape index (κ2) is 3.40. The molecule has 0 aliphatic carbocycles. The molecule has 3 N–H and O–H groups in total. The molecule has 1 amide bonds. The van der Waals surface area contributed by atoms with E-state index >= 15 is 0 Å². The Morgan fingerprint density at radius 3 is 2.50 bits per heavy atom. The lowest BCUT2D eigenvalue weighted by Gasteiger charge is -2.23. The lowest BCUT2D eigenvalue weighted by atomic mass is 9.84. The molecule has 2 bridgehead atoms. The van der Waals surface area contributed by atoms with Gasteiger partial charge in [0.1, 0.15) is 0 Å². The number of hydrogen-bond acceptors (Lipinski definition) is 3. The topological polar surface area (TPSA) is 81.0 Å². The highest BCUT2D eigenvalue weighted by atomic mass is 16.4. The zero-order valence-corrected chi connectivity index (χ0v) is 7.83. The summed E-state index contributed by atoms with van der Waals surface area (Å²) in [5.41, 5.74) is 0. The van der Waals surface area contributed by atoms with E-state index in [1.165, 1.54) is 4.90 Å². The van der Waals surface area contributed by atoms with Crippen LogP contribution in [0.3, 0.4) is 0 Å². The molecule has 2 saturated heterocycles. The number of carbonyl (C=O) groups is 1. The van der Waals surface area contributed by atoms with Gasteiger partial charge in [-0.05, 0) is 19.3 Å². The van der Waals surface area contributed by atoms with Crippen molar-refractivity contribution in [3.8, 4) is 0 Å². The fourth-order valence-corrected chi connectivity index (χ4v) is 2.93. The molecule has 2 rings (SSSR count). The fourth-order valence-electron chi connectivity index (χ4n) is 2.93. The minimum atomic E-state index is -0.947. The third kappa shape index (κ3) is 1.19. The zero-order valence-electron chi connectivity index (χ0n) is 7.83. The third-order valence-electron chi connectivity index (χ3n) is 3.48. The first kappa shape index (κ1) is 9.73. The predicted octanol–water partition coefficient (Wildman–Crippen LogP) is -0.130. The summed E-state index contributed by atoms with van der Waals surface area (Å²) in [4.78, 5) is 12.3. The molecule has 0 aromatic rings. The van der Waals surface area contributed by atoms with Gasteiger partial charge in [0, 0.05) is 18.6 Å². The molecule has 0 spiro atoms. The third-order valence-corrected chi connectivity index (χ3v) is 3.48. The number of hydrogen-bond donors (Lipinski definition) is 3. The molecule has 0 aromatic heterocycles. The summed E-state index contributed by atoms with van der Waals surface area (Å²) in [5, 5.41) is 27.6. The van der Waals surface area contributed by atoms with Gasteiger partial charge in [-0.3, -0.25) is 4.90 Å². The molecule has 2 aliphatic rings. The number of carboxylic acid groups (broad SMARTS) is 1. The lowest BCUT2D eigenvalue weighted by Crippen LogP contribution is -2.36. The van der Waals surface area contributed by atoms with E-state index in [0.29, 0.717) is 6.42 Å². The van der Waals surface area contributed by atoms with Crippen LogP contribution in [-0.2, 0) is 0 Å². The molecular weight excluding hydrogens is 186 g/mol. The van der Waals surface area contributed by atoms with Gasteiger partial charge in [-0.15, -0.1) is 0 Å². The van der Waals surface area contributed by atoms with Crippen LogP contribution in [0.1, 0.15) is 19.3 Å². The SMILES string of the molecule is O=C(O)N1[C@@H]2CC[C@H]1[C@@H](O)[C@H]2CCO. The van der Waals surface area contributed by atoms with Gasteiger partial charge in [0.2, 0.25) is 0 Å². The van der Waals surface area contributed by atoms with Crippen molar-refractivity contribution < 1.29 is 20.1 Å². The summed E-state index contributed by atoms with van der Waals surface area (Å²) in [5.74, 6) is -0.0742. The van der Waals surface area contributed by atoms with E-state index in [-0.39, 0.29) is 24.6 Å². The van der Waals surface area contributed by atoms with E-state index in [1.54, 1.807) is 0 Å². The molecule has 0 aromatic carbocycles. The Morgan fingerprint density at radius 1 is 1.36 bits per heavy atom. The Balaban J connectivity index is 2.15. The quantitative estimate of drug-likeness (QED) is 0.581. The van der Waals surface area contributed by atoms with Crippen molar-refractivity contribution in [3.05, 3.63) is 0 Å². The number of rotatable bonds is 2. The van der Waals surface area contributed by atoms with Crippen molar-refractivity contribution in [2.75, 3.05) is 6.61 Å². The standard InChI is InChI=1S/C9H15NO4/c11-4-3-5-6-1-2-7(8(5)12)10(6)9(13)14/h5-8,11-12H,1-4H2,(H,13,14)/t5-,6+,7-,8-/m0/s1. The summed E-state index contributed by atoms with van der Waals surface area (Å²) >= 11 is 0. The fraction of sp³-hybridized carbons (Fsp3) is 0.889. The summed E-state index contributed by atoms with van der Waals surface area (Å²) in [6.45, 7) is 0.0123. The van der Waals surface area contributed by atoms with Crippen LogP contribution < -0.4 is 0 Å². The molecular formula is C9H15NO4. The van der Waals surface area contributed by atoms with Crippen LogP contribution in [0.25, 0.3) is 0 Å². The molecule has 14 heavy (non-hydrogen) atoms. The Bertz CT molecular complexity index is 245. The first-order chi connectivity index (χ1) is 6.66. The maximum Gasteiger partial charge on any atom is 0.407 e. The molecule has 5 nitrogen and oxygen atoms in total. The molecule has 2 fully saturated rings. The number of aliphatic hydroxyl groups is 2. The zero-order chi connectivity index (χ0) is 10.3. The molecule has 2 heterocycles. The minimum absolute atomic E-state index is 0.0123. The van der Waals surface area contributed by atoms with Crippen LogP contribution in [0.2, 0.25) is 0 Å². The van der Waals surface area contributed by atoms with E-state index in [0.717, 1.165) is 12.8 Å². The summed E-state index contributed by atoms with van der Waals surface area (Å²) in [6.07, 6.45) is 0.527. The van der Waals surface area contributed by atoms with Gasteiger partial charge in [0.25, 0.3) is 0 Å². The second-order valence-corrected chi connectivity index (χ2v) is 4.07. The van der Waals surface area contributed by atoms with Gasteiger partial charge < -0.3 is 15.3 Å². The number of aliphatic hydroxyl groups excluding tert-OH is 2. The molecule has 2 aliphatic heterocycles. The van der Waals surface area contributed by atoms with Crippen LogP contribution in [0, 0.1) is 5.92 Å². The van der Waals surface area contributed by atoms with Crippen LogP contribution >= 0.6 is 0 Å². The Hall–Kier alpha value is -0.810. The average Bonchev–Trinajstić information content (AvgIpc) is 2.64. The highest BCUT2D eigenvalue weighted by Crippen LogP contribution is 2.43. The largest absolute Gasteiger partial charge is 0.465 e. The van der Waals surface area contributed by atoms with E-state index in [4.69, 9.17) is 10.2 Å². The summed E-state index contributed by atoms with van der Waals surface area (Å²) < 4.78 is 0. The van der Waals surface area contributed by atoms with E-state index in [9.17, 15) is 9.90 Å². The first-order valence-corrected chi connectivity index (χ1v) is 4.97. The van der Waals surface area contributed by atoms with Crippen LogP contribution in [0.5, 0.6) is 0 Å². The van der Waals surface area contributed by atoms with Crippen molar-refractivity contribution in [1.29, 1.82) is 0 Å². The average molecular weight is 201 g/mol. The summed E-state index contributed by atoms with van der Waals surface area (Å²) in [7, 11) is 0. The molecule has 5 heteroatoms. The maximum atomic E-state index is 10.9. The Kier molecular flexibility index (Phi) is 2.36. The van der Waals surface area contributed by atoms with Crippen LogP contribution in [-0.4, -0.2) is 51.1 Å². The van der Waals surface area contributed by atoms with Crippen molar-refractivity contribution in [2.45, 2.75) is 37.5 Å². The van der Waals surface area contributed by atoms with Crippen molar-refractivity contribution in [2.24, 2.45) is 5.92 Å². The highest BCUT2D eigenvalue weighted by molar-refractivity contribution is 5.67. The molecule has 0 radical (unpaired) electrons. The van der Waals surface area contributed by atoms with Gasteiger partial charge in [0.15, 0.2) is 0 Å². The van der Waals surface area contributed by atoms with Gasteiger partial charge in [0.05, 0.1) is 12.1 Å². The van der Waals surface area contributed by atoms with E-state index in [2.05, 4.69) is 0 Å². The number of nitrogens with zero attached hydrogens (tertiary/aromatic N) is 1. The van der Waals surface area contributed by atoms with E-state index in [1.807, 2.05) is 0 Å². The monoisotopic (exact) mass is 201 g/mol. The van der Waals surface area contributed by atoms with E-state index < -0.39 is 12.2 Å². The summed E-state index contributed by atoms with van der Waals surface area (Å²) in [6, 6.07) is -0.325. The van der Waals surface area contributed by atoms with Gasteiger partial charge in [-0.25, -0.2) is 4.79 Å². The number of amides is 1. The second-order valence-electron chi connectivity index (χ2n) is 4.07. The maximum absolute atomic E-state index is 10.9. The Morgan fingerprint density at radius 2 is 2.00 bits per heavy atom. The van der Waals surface area contributed by atoms with Crippen LogP contribution in [0.15, 0.2) is 0 Å². The van der Waals surface area contributed by atoms with Crippen LogP contribution in [0.4, 0.5) is 4.79 Å². The molecule has 4 atom stereocenters. The van der Waals surface area contributed by atoms with Crippen molar-refractivity contribution >= 4 is 6.09 Å². The smallest absolute Gasteiger partial charge is 0.407 e. The Labute approximate surface area is 82.0 Å². The normalized spacial score (nSPS) is 40.6. The van der Waals surface area contributed by atoms with Gasteiger partial charge in [-0.1, -0.05) is 0 Å². The molecule has 0 saturated carbocycles. The lowest BCUT2D eigenvalue weighted by molar-refractivity contribution is 0.0732. The van der Waals surface area contributed by atoms with Crippen molar-refractivity contribution in [1.82, 2.24) is 4.90 Å².